The minimum absolute atomic E-state index is 0.104. The largest absolute Gasteiger partial charge is 0.503 e. The van der Waals surface area contributed by atoms with Crippen LogP contribution >= 0.6 is 0 Å². The van der Waals surface area contributed by atoms with E-state index in [0.29, 0.717) is 23.9 Å². The molecule has 0 fully saturated rings. The summed E-state index contributed by atoms with van der Waals surface area (Å²) in [7, 11) is 0. The Morgan fingerprint density at radius 2 is 1.62 bits per heavy atom. The molecule has 1 unspecified atom stereocenters. The van der Waals surface area contributed by atoms with Gasteiger partial charge >= 0.3 is 0 Å². The molecule has 0 radical (unpaired) electrons. The number of rotatable bonds is 6. The lowest BCUT2D eigenvalue weighted by Gasteiger charge is -2.40. The molecule has 0 amide bonds. The lowest BCUT2D eigenvalue weighted by molar-refractivity contribution is 0.445. The predicted octanol–water partition coefficient (Wildman–Crippen LogP) is 5.14. The fourth-order valence-electron chi connectivity index (χ4n) is 4.05. The second-order valence-electron chi connectivity index (χ2n) is 8.34. The van der Waals surface area contributed by atoms with Crippen LogP contribution in [0.25, 0.3) is 5.70 Å². The Balaban J connectivity index is 1.91. The van der Waals surface area contributed by atoms with Gasteiger partial charge in [-0.1, -0.05) is 74.5 Å². The van der Waals surface area contributed by atoms with E-state index in [9.17, 15) is 9.90 Å². The maximum Gasteiger partial charge on any atom is 0.224 e. The highest BCUT2D eigenvalue weighted by molar-refractivity contribution is 5.79. The Kier molecular flexibility index (Phi) is 6.26. The summed E-state index contributed by atoms with van der Waals surface area (Å²) < 4.78 is 1.89. The van der Waals surface area contributed by atoms with Crippen LogP contribution in [0.4, 0.5) is 0 Å². The first-order valence-electron chi connectivity index (χ1n) is 11.1. The van der Waals surface area contributed by atoms with Crippen LogP contribution in [0.15, 0.2) is 88.3 Å². The molecule has 1 N–H and O–H groups in total. The van der Waals surface area contributed by atoms with Gasteiger partial charge in [-0.05, 0) is 36.0 Å². The minimum Gasteiger partial charge on any atom is -0.503 e. The van der Waals surface area contributed by atoms with Crippen molar-refractivity contribution in [3.63, 3.8) is 0 Å². The first-order valence-corrected chi connectivity index (χ1v) is 11.1. The molecule has 0 saturated heterocycles. The summed E-state index contributed by atoms with van der Waals surface area (Å²) in [5, 5.41) is 13.0. The van der Waals surface area contributed by atoms with E-state index >= 15 is 0 Å². The molecular formula is C27H29N3O2. The lowest BCUT2D eigenvalue weighted by atomic mass is 9.96. The van der Waals surface area contributed by atoms with E-state index in [1.807, 2.05) is 54.2 Å². The molecule has 32 heavy (non-hydrogen) atoms. The molecule has 0 bridgehead atoms. The van der Waals surface area contributed by atoms with Crippen molar-refractivity contribution in [2.75, 3.05) is 11.6 Å². The first kappa shape index (κ1) is 21.6. The Morgan fingerprint density at radius 1 is 1.03 bits per heavy atom. The molecule has 4 rings (SSSR count). The smallest absolute Gasteiger partial charge is 0.224 e. The molecule has 2 aromatic carbocycles. The Morgan fingerprint density at radius 3 is 2.19 bits per heavy atom. The summed E-state index contributed by atoms with van der Waals surface area (Å²) in [4.78, 5) is 17.1. The van der Waals surface area contributed by atoms with Crippen molar-refractivity contribution in [2.45, 2.75) is 33.2 Å². The van der Waals surface area contributed by atoms with E-state index < -0.39 is 5.43 Å². The molecule has 0 aliphatic carbocycles. The molecule has 1 aliphatic rings. The van der Waals surface area contributed by atoms with Gasteiger partial charge in [-0.3, -0.25) is 19.5 Å². The zero-order valence-corrected chi connectivity index (χ0v) is 18.8. The molecule has 5 nitrogen and oxygen atoms in total. The Labute approximate surface area is 189 Å². The topological polar surface area (TPSA) is 57.8 Å². The van der Waals surface area contributed by atoms with Gasteiger partial charge in [-0.15, -0.1) is 0 Å². The molecule has 1 aliphatic heterocycles. The van der Waals surface area contributed by atoms with Crippen molar-refractivity contribution in [1.29, 1.82) is 0 Å². The van der Waals surface area contributed by atoms with Crippen LogP contribution in [0.1, 0.15) is 50.1 Å². The van der Waals surface area contributed by atoms with Crippen molar-refractivity contribution in [2.24, 2.45) is 10.9 Å². The molecule has 1 aromatic heterocycles. The minimum atomic E-state index is -0.405. The van der Waals surface area contributed by atoms with Crippen LogP contribution in [0, 0.1) is 5.92 Å². The highest BCUT2D eigenvalue weighted by Crippen LogP contribution is 2.36. The molecule has 1 atom stereocenters. The third-order valence-electron chi connectivity index (χ3n) is 5.99. The van der Waals surface area contributed by atoms with Gasteiger partial charge in [-0.25, -0.2) is 0 Å². The van der Waals surface area contributed by atoms with E-state index in [4.69, 9.17) is 4.99 Å². The third-order valence-corrected chi connectivity index (χ3v) is 5.99. The van der Waals surface area contributed by atoms with Crippen LogP contribution in [0.2, 0.25) is 0 Å². The lowest BCUT2D eigenvalue weighted by Crippen LogP contribution is -2.44. The number of aromatic nitrogens is 1. The van der Waals surface area contributed by atoms with Crippen LogP contribution in [-0.4, -0.2) is 22.5 Å². The third kappa shape index (κ3) is 4.11. The van der Waals surface area contributed by atoms with Crippen molar-refractivity contribution >= 4 is 11.9 Å². The number of aromatic hydroxyl groups is 1. The average Bonchev–Trinajstić information content (AvgIpc) is 2.82. The molecular weight excluding hydrogens is 398 g/mol. The number of fused-ring (bicyclic) bond motifs is 1. The van der Waals surface area contributed by atoms with E-state index in [-0.39, 0.29) is 11.8 Å². The summed E-state index contributed by atoms with van der Waals surface area (Å²) >= 11 is 0. The monoisotopic (exact) mass is 427 g/mol. The zero-order valence-electron chi connectivity index (χ0n) is 18.8. The van der Waals surface area contributed by atoms with Crippen LogP contribution in [0.3, 0.4) is 0 Å². The quantitative estimate of drug-likeness (QED) is 0.554. The van der Waals surface area contributed by atoms with Gasteiger partial charge in [0.1, 0.15) is 5.69 Å². The summed E-state index contributed by atoms with van der Waals surface area (Å²) in [5.74, 6) is 0.0356. The summed E-state index contributed by atoms with van der Waals surface area (Å²) in [6.07, 6.45) is 4.61. The fraction of sp³-hybridized carbons (Fsp3) is 0.259. The van der Waals surface area contributed by atoms with Crippen molar-refractivity contribution in [3.05, 3.63) is 106 Å². The van der Waals surface area contributed by atoms with E-state index in [0.717, 1.165) is 23.1 Å². The first-order chi connectivity index (χ1) is 15.5. The number of hydrogen-bond donors (Lipinski definition) is 1. The maximum absolute atomic E-state index is 12.4. The Hall–Kier alpha value is -3.60. The number of pyridine rings is 1. The molecule has 5 heteroatoms. The normalized spacial score (nSPS) is 14.8. The van der Waals surface area contributed by atoms with Crippen molar-refractivity contribution in [3.8, 4) is 5.75 Å². The predicted molar refractivity (Wildman–Crippen MR) is 131 cm³/mol. The van der Waals surface area contributed by atoms with Crippen LogP contribution < -0.4 is 10.4 Å². The fourth-order valence-corrected chi connectivity index (χ4v) is 4.05. The van der Waals surface area contributed by atoms with Gasteiger partial charge in [-0.2, -0.15) is 0 Å². The van der Waals surface area contributed by atoms with E-state index in [1.165, 1.54) is 6.07 Å². The highest BCUT2D eigenvalue weighted by atomic mass is 16.3. The Bertz CT molecular complexity index is 1160. The van der Waals surface area contributed by atoms with Gasteiger partial charge in [0.2, 0.25) is 5.43 Å². The van der Waals surface area contributed by atoms with Gasteiger partial charge in [0.05, 0.1) is 18.3 Å². The van der Waals surface area contributed by atoms with E-state index in [1.54, 1.807) is 6.20 Å². The SMILES string of the molecule is CCC(C)/C=N\C1=C(C)CN(C(c2ccccc2)c2ccccc2)n2ccc(=O)c(O)c21. The van der Waals surface area contributed by atoms with Gasteiger partial charge < -0.3 is 5.11 Å². The molecule has 2 heterocycles. The van der Waals surface area contributed by atoms with E-state index in [2.05, 4.69) is 43.1 Å². The van der Waals surface area contributed by atoms with Gasteiger partial charge in [0.15, 0.2) is 5.75 Å². The maximum atomic E-state index is 12.4. The number of benzene rings is 2. The molecule has 0 spiro atoms. The summed E-state index contributed by atoms with van der Waals surface area (Å²) in [6, 6.07) is 21.9. The van der Waals surface area contributed by atoms with Crippen molar-refractivity contribution < 1.29 is 5.11 Å². The second-order valence-corrected chi connectivity index (χ2v) is 8.34. The second kappa shape index (κ2) is 9.27. The molecule has 0 saturated carbocycles. The number of aliphatic imine (C=N–C) groups is 1. The number of hydrogen-bond acceptors (Lipinski definition) is 4. The summed E-state index contributed by atoms with van der Waals surface area (Å²) in [6.45, 7) is 6.84. The van der Waals surface area contributed by atoms with Gasteiger partial charge in [0.25, 0.3) is 0 Å². The molecule has 3 aromatic rings. The van der Waals surface area contributed by atoms with Crippen LogP contribution in [-0.2, 0) is 0 Å². The average molecular weight is 428 g/mol. The highest BCUT2D eigenvalue weighted by Gasteiger charge is 2.31. The van der Waals surface area contributed by atoms with Crippen LogP contribution in [0.5, 0.6) is 5.75 Å². The summed E-state index contributed by atoms with van der Waals surface area (Å²) in [5.41, 5.74) is 3.96. The van der Waals surface area contributed by atoms with Gasteiger partial charge in [0, 0.05) is 18.5 Å². The molecule has 164 valence electrons. The number of nitrogens with zero attached hydrogens (tertiary/aromatic N) is 3. The standard InChI is InChI=1S/C27H29N3O2/c1-4-19(2)17-28-24-20(3)18-30(29-16-15-23(31)27(32)26(24)29)25(21-11-7-5-8-12-21)22-13-9-6-10-14-22/h5-17,19,25,32H,4,18H2,1-3H3/b28-17-. The van der Waals surface area contributed by atoms with Crippen molar-refractivity contribution in [1.82, 2.24) is 4.68 Å². The zero-order chi connectivity index (χ0) is 22.7.